The predicted octanol–water partition coefficient (Wildman–Crippen LogP) is 4.96. The lowest BCUT2D eigenvalue weighted by atomic mass is 10.0. The van der Waals surface area contributed by atoms with Gasteiger partial charge in [0, 0.05) is 28.7 Å². The number of carbonyl (C=O) groups excluding carboxylic acids is 1. The first-order chi connectivity index (χ1) is 14.6. The van der Waals surface area contributed by atoms with Gasteiger partial charge in [0.25, 0.3) is 5.91 Å². The average molecular weight is 399 g/mol. The third kappa shape index (κ3) is 3.41. The molecule has 2 aromatic carbocycles. The highest BCUT2D eigenvalue weighted by atomic mass is 16.2. The van der Waals surface area contributed by atoms with E-state index in [-0.39, 0.29) is 5.91 Å². The van der Waals surface area contributed by atoms with Crippen molar-refractivity contribution in [3.8, 4) is 11.3 Å². The second-order valence-electron chi connectivity index (χ2n) is 8.57. The highest BCUT2D eigenvalue weighted by molar-refractivity contribution is 5.94. The third-order valence-electron chi connectivity index (χ3n) is 5.87. The van der Waals surface area contributed by atoms with E-state index in [0.29, 0.717) is 24.7 Å². The lowest BCUT2D eigenvalue weighted by Crippen LogP contribution is -2.36. The fraction of sp³-hybridized carbons (Fsp3) is 0.280. The second-order valence-corrected chi connectivity index (χ2v) is 8.57. The summed E-state index contributed by atoms with van der Waals surface area (Å²) in [7, 11) is 0. The van der Waals surface area contributed by atoms with Crippen LogP contribution in [0, 0.1) is 5.92 Å². The number of hydrogen-bond acceptors (Lipinski definition) is 2. The molecular weight excluding hydrogens is 372 g/mol. The minimum Gasteiger partial charge on any atom is -0.357 e. The van der Waals surface area contributed by atoms with Crippen LogP contribution < -0.4 is 0 Å². The molecule has 0 radical (unpaired) electrons. The van der Waals surface area contributed by atoms with Crippen molar-refractivity contribution in [1.82, 2.24) is 20.1 Å². The van der Waals surface area contributed by atoms with Gasteiger partial charge in [-0.1, -0.05) is 56.3 Å². The number of fused-ring (bicyclic) bond motifs is 3. The van der Waals surface area contributed by atoms with Gasteiger partial charge in [0.1, 0.15) is 5.69 Å². The fourth-order valence-electron chi connectivity index (χ4n) is 4.40. The van der Waals surface area contributed by atoms with Gasteiger partial charge in [0.15, 0.2) is 0 Å². The molecule has 0 unspecified atom stereocenters. The molecule has 3 heterocycles. The van der Waals surface area contributed by atoms with Gasteiger partial charge in [-0.25, -0.2) is 0 Å². The zero-order chi connectivity index (χ0) is 20.7. The summed E-state index contributed by atoms with van der Waals surface area (Å²) in [6.07, 6.45) is 1.93. The largest absolute Gasteiger partial charge is 0.357 e. The molecule has 2 aromatic heterocycles. The zero-order valence-electron chi connectivity index (χ0n) is 17.4. The molecule has 0 bridgehead atoms. The van der Waals surface area contributed by atoms with Gasteiger partial charge < -0.3 is 9.88 Å². The Morgan fingerprint density at radius 3 is 2.73 bits per heavy atom. The Balaban J connectivity index is 1.33. The Morgan fingerprint density at radius 2 is 1.93 bits per heavy atom. The monoisotopic (exact) mass is 398 g/mol. The smallest absolute Gasteiger partial charge is 0.272 e. The molecule has 0 spiro atoms. The Kier molecular flexibility index (Phi) is 4.66. The van der Waals surface area contributed by atoms with Crippen molar-refractivity contribution in [2.24, 2.45) is 5.92 Å². The van der Waals surface area contributed by atoms with E-state index in [0.717, 1.165) is 35.3 Å². The summed E-state index contributed by atoms with van der Waals surface area (Å²) in [5.74, 6) is 0.627. The first-order valence-corrected chi connectivity index (χ1v) is 10.6. The van der Waals surface area contributed by atoms with Crippen molar-refractivity contribution in [2.45, 2.75) is 33.2 Å². The van der Waals surface area contributed by atoms with Gasteiger partial charge in [-0.2, -0.15) is 5.10 Å². The van der Waals surface area contributed by atoms with Crippen molar-refractivity contribution < 1.29 is 4.79 Å². The summed E-state index contributed by atoms with van der Waals surface area (Å²) in [5.41, 5.74) is 7.30. The molecule has 2 N–H and O–H groups in total. The summed E-state index contributed by atoms with van der Waals surface area (Å²) in [5, 5.41) is 8.61. The Morgan fingerprint density at radius 1 is 1.13 bits per heavy atom. The van der Waals surface area contributed by atoms with Crippen LogP contribution in [0.1, 0.15) is 41.2 Å². The fourth-order valence-corrected chi connectivity index (χ4v) is 4.40. The lowest BCUT2D eigenvalue weighted by molar-refractivity contribution is 0.0727. The zero-order valence-corrected chi connectivity index (χ0v) is 17.4. The first-order valence-electron chi connectivity index (χ1n) is 10.6. The van der Waals surface area contributed by atoms with Gasteiger partial charge in [0.05, 0.1) is 12.2 Å². The molecule has 1 aliphatic heterocycles. The van der Waals surface area contributed by atoms with E-state index in [4.69, 9.17) is 0 Å². The maximum Gasteiger partial charge on any atom is 0.272 e. The number of amides is 1. The highest BCUT2D eigenvalue weighted by Crippen LogP contribution is 2.28. The molecule has 1 amide bonds. The van der Waals surface area contributed by atoms with Crippen molar-refractivity contribution in [1.29, 1.82) is 0 Å². The SMILES string of the molecule is CC(C)Cc1ccc(-c2cc(C(=O)N3CCc4c([nH]c5ccccc45)C3)[nH]n2)cc1. The number of rotatable bonds is 4. The van der Waals surface area contributed by atoms with E-state index in [1.54, 1.807) is 0 Å². The van der Waals surface area contributed by atoms with Crippen molar-refractivity contribution in [3.05, 3.63) is 77.1 Å². The Hall–Kier alpha value is -3.34. The van der Waals surface area contributed by atoms with Crippen LogP contribution in [0.5, 0.6) is 0 Å². The summed E-state index contributed by atoms with van der Waals surface area (Å²) < 4.78 is 0. The molecule has 30 heavy (non-hydrogen) atoms. The number of hydrogen-bond donors (Lipinski definition) is 2. The minimum absolute atomic E-state index is 0.00511. The molecule has 0 atom stereocenters. The van der Waals surface area contributed by atoms with Crippen LogP contribution in [0.3, 0.4) is 0 Å². The standard InChI is InChI=1S/C25H26N4O/c1-16(2)13-17-7-9-18(10-8-17)22-14-23(28-27-22)25(30)29-12-11-20-19-5-3-4-6-21(19)26-24(20)15-29/h3-10,14,16,26H,11-13,15H2,1-2H3,(H,27,28). The van der Waals surface area contributed by atoms with E-state index < -0.39 is 0 Å². The minimum atomic E-state index is -0.00511. The number of nitrogens with one attached hydrogen (secondary N) is 2. The molecule has 0 saturated carbocycles. The van der Waals surface area contributed by atoms with Gasteiger partial charge >= 0.3 is 0 Å². The molecule has 0 saturated heterocycles. The van der Waals surface area contributed by atoms with E-state index in [9.17, 15) is 4.79 Å². The Bertz CT molecular complexity index is 1200. The number of aromatic nitrogens is 3. The topological polar surface area (TPSA) is 64.8 Å². The number of nitrogens with zero attached hydrogens (tertiary/aromatic N) is 2. The summed E-state index contributed by atoms with van der Waals surface area (Å²) in [6.45, 7) is 5.75. The van der Waals surface area contributed by atoms with E-state index in [1.165, 1.54) is 16.5 Å². The van der Waals surface area contributed by atoms with Crippen LogP contribution >= 0.6 is 0 Å². The van der Waals surface area contributed by atoms with Crippen LogP contribution in [-0.4, -0.2) is 32.5 Å². The average Bonchev–Trinajstić information content (AvgIpc) is 3.38. The number of para-hydroxylation sites is 1. The molecule has 0 fully saturated rings. The number of benzene rings is 2. The van der Waals surface area contributed by atoms with Gasteiger partial charge in [0.2, 0.25) is 0 Å². The summed E-state index contributed by atoms with van der Waals surface area (Å²) in [6, 6.07) is 18.7. The third-order valence-corrected chi connectivity index (χ3v) is 5.87. The molecule has 5 nitrogen and oxygen atoms in total. The predicted molar refractivity (Wildman–Crippen MR) is 119 cm³/mol. The molecule has 1 aliphatic rings. The van der Waals surface area contributed by atoms with Crippen LogP contribution in [-0.2, 0) is 19.4 Å². The first kappa shape index (κ1) is 18.7. The van der Waals surface area contributed by atoms with E-state index in [1.807, 2.05) is 17.0 Å². The molecule has 5 rings (SSSR count). The van der Waals surface area contributed by atoms with Crippen LogP contribution in [0.15, 0.2) is 54.6 Å². The maximum atomic E-state index is 13.1. The highest BCUT2D eigenvalue weighted by Gasteiger charge is 2.25. The van der Waals surface area contributed by atoms with E-state index >= 15 is 0 Å². The van der Waals surface area contributed by atoms with E-state index in [2.05, 4.69) is 71.5 Å². The molecular formula is C25H26N4O. The van der Waals surface area contributed by atoms with Crippen molar-refractivity contribution in [3.63, 3.8) is 0 Å². The van der Waals surface area contributed by atoms with Crippen molar-refractivity contribution in [2.75, 3.05) is 6.54 Å². The van der Waals surface area contributed by atoms with Crippen LogP contribution in [0.25, 0.3) is 22.2 Å². The van der Waals surface area contributed by atoms with Gasteiger partial charge in [-0.3, -0.25) is 9.89 Å². The molecule has 5 heteroatoms. The second kappa shape index (κ2) is 7.48. The number of aromatic amines is 2. The summed E-state index contributed by atoms with van der Waals surface area (Å²) in [4.78, 5) is 18.5. The quantitative estimate of drug-likeness (QED) is 0.511. The van der Waals surface area contributed by atoms with Crippen LogP contribution in [0.2, 0.25) is 0 Å². The van der Waals surface area contributed by atoms with Gasteiger partial charge in [-0.15, -0.1) is 0 Å². The number of carbonyl (C=O) groups is 1. The van der Waals surface area contributed by atoms with Crippen molar-refractivity contribution >= 4 is 16.8 Å². The molecule has 152 valence electrons. The molecule has 4 aromatic rings. The normalized spacial score (nSPS) is 13.8. The number of H-pyrrole nitrogens is 2. The lowest BCUT2D eigenvalue weighted by Gasteiger charge is -2.26. The maximum absolute atomic E-state index is 13.1. The summed E-state index contributed by atoms with van der Waals surface area (Å²) >= 11 is 0. The van der Waals surface area contributed by atoms with Gasteiger partial charge in [-0.05, 0) is 42.0 Å². The Labute approximate surface area is 176 Å². The van der Waals surface area contributed by atoms with Crippen LogP contribution in [0.4, 0.5) is 0 Å². The molecule has 0 aliphatic carbocycles.